The maximum atomic E-state index is 13.5. The van der Waals surface area contributed by atoms with Gasteiger partial charge in [-0.25, -0.2) is 39.3 Å². The molecular formula is C34H54N10O17P2. The Labute approximate surface area is 362 Å². The molecule has 352 valence electrons. The van der Waals surface area contributed by atoms with Crippen molar-refractivity contribution in [2.75, 3.05) is 73.8 Å². The van der Waals surface area contributed by atoms with Crippen molar-refractivity contribution < 1.29 is 79.9 Å². The Morgan fingerprint density at radius 2 is 1.24 bits per heavy atom. The number of carbonyl (C=O) groups excluding carboxylic acids is 3. The minimum absolute atomic E-state index is 0.154. The van der Waals surface area contributed by atoms with Gasteiger partial charge in [-0.1, -0.05) is 0 Å². The van der Waals surface area contributed by atoms with E-state index in [0.29, 0.717) is 41.0 Å². The molecule has 1 aliphatic heterocycles. The number of nitrogens with one attached hydrogen (secondary N) is 3. The smallest absolute Gasteiger partial charge is 0.432 e. The zero-order valence-electron chi connectivity index (χ0n) is 36.0. The molecule has 3 aromatic rings. The number of ether oxygens (including phenoxy) is 8. The van der Waals surface area contributed by atoms with E-state index in [-0.39, 0.29) is 19.8 Å². The monoisotopic (exact) mass is 936 g/mol. The van der Waals surface area contributed by atoms with Gasteiger partial charge in [0, 0.05) is 6.54 Å². The molecule has 3 aromatic heterocycles. The van der Waals surface area contributed by atoms with E-state index in [1.807, 2.05) is 4.90 Å². The van der Waals surface area contributed by atoms with Crippen molar-refractivity contribution in [3.05, 3.63) is 19.0 Å². The molecule has 0 fully saturated rings. The molecule has 0 radical (unpaired) electrons. The number of hydrogen-bond donors (Lipinski definition) is 4. The molecule has 3 atom stereocenters. The van der Waals surface area contributed by atoms with Crippen molar-refractivity contribution in [1.82, 2.24) is 29.5 Å². The first-order valence-electron chi connectivity index (χ1n) is 19.4. The van der Waals surface area contributed by atoms with Crippen LogP contribution >= 0.6 is 15.2 Å². The highest BCUT2D eigenvalue weighted by Gasteiger charge is 2.31. The lowest BCUT2D eigenvalue weighted by molar-refractivity contribution is -0.0363. The van der Waals surface area contributed by atoms with Crippen LogP contribution in [0, 0.1) is 0 Å². The van der Waals surface area contributed by atoms with E-state index in [9.17, 15) is 28.4 Å². The van der Waals surface area contributed by atoms with Crippen LogP contribution in [0.5, 0.6) is 0 Å². The Morgan fingerprint density at radius 3 is 1.84 bits per heavy atom. The van der Waals surface area contributed by atoms with Gasteiger partial charge in [-0.2, -0.15) is 0 Å². The van der Waals surface area contributed by atoms with Crippen molar-refractivity contribution in [3.63, 3.8) is 0 Å². The molecule has 0 spiro atoms. The highest BCUT2D eigenvalue weighted by Crippen LogP contribution is 2.48. The number of nitrogens with zero attached hydrogens (tertiary/aromatic N) is 7. The maximum absolute atomic E-state index is 13.5. The zero-order chi connectivity index (χ0) is 46.2. The van der Waals surface area contributed by atoms with Crippen LogP contribution in [-0.2, 0) is 67.1 Å². The molecule has 1 aliphatic rings. The molecule has 0 saturated heterocycles. The summed E-state index contributed by atoms with van der Waals surface area (Å²) in [4.78, 5) is 68.8. The fourth-order valence-electron chi connectivity index (χ4n) is 5.10. The number of hydrogen-bond acceptors (Lipinski definition) is 25. The van der Waals surface area contributed by atoms with Crippen molar-refractivity contribution in [2.24, 2.45) is 0 Å². The Balaban J connectivity index is 1.27. The summed E-state index contributed by atoms with van der Waals surface area (Å²) in [6.45, 7) is 11.7. The highest BCUT2D eigenvalue weighted by atomic mass is 31.2. The van der Waals surface area contributed by atoms with Crippen LogP contribution in [0.4, 0.5) is 37.5 Å². The van der Waals surface area contributed by atoms with Crippen LogP contribution in [0.3, 0.4) is 0 Å². The second-order valence-corrected chi connectivity index (χ2v) is 18.0. The van der Waals surface area contributed by atoms with Crippen molar-refractivity contribution in [2.45, 2.75) is 92.5 Å². The summed E-state index contributed by atoms with van der Waals surface area (Å²) in [5.74, 6) is 1.43. The van der Waals surface area contributed by atoms with Crippen molar-refractivity contribution in [1.29, 1.82) is 0 Å². The van der Waals surface area contributed by atoms with E-state index in [4.69, 9.17) is 46.7 Å². The first-order chi connectivity index (χ1) is 29.8. The summed E-state index contributed by atoms with van der Waals surface area (Å²) in [5.41, 5.74) is 1.51. The molecule has 4 N–H and O–H groups in total. The molecule has 1 unspecified atom stereocenters. The van der Waals surface area contributed by atoms with Crippen LogP contribution in [0.15, 0.2) is 19.0 Å². The lowest BCUT2D eigenvalue weighted by Gasteiger charge is -2.24. The van der Waals surface area contributed by atoms with Gasteiger partial charge in [-0.15, -0.1) is 0 Å². The fourth-order valence-corrected chi connectivity index (χ4v) is 6.92. The van der Waals surface area contributed by atoms with Gasteiger partial charge in [0.15, 0.2) is 23.1 Å². The lowest BCUT2D eigenvalue weighted by atomic mass is 10.3. The van der Waals surface area contributed by atoms with Gasteiger partial charge in [0.25, 0.3) is 0 Å². The minimum atomic E-state index is -4.25. The van der Waals surface area contributed by atoms with Crippen LogP contribution < -0.4 is 20.9 Å². The molecule has 63 heavy (non-hydrogen) atoms. The zero-order valence-corrected chi connectivity index (χ0v) is 37.8. The molecule has 27 nitrogen and oxygen atoms in total. The van der Waals surface area contributed by atoms with E-state index >= 15 is 0 Å². The van der Waals surface area contributed by atoms with Gasteiger partial charge < -0.3 is 68.2 Å². The van der Waals surface area contributed by atoms with Gasteiger partial charge in [0.05, 0.1) is 56.7 Å². The standard InChI is InChI=1S/C34H54N10O17P2/c1-21(2)59-32(45)51-16-56-62(48,49)19-54-24(7)9-43-14-41-26-28(37-12-39-30(26)43)35-11-36-29-27-31(40-13-38-29)44(15-42-27)10-25(8)55-20-63(50,57-17-52-33(46)60-22(3)4)58-18-53-34(47)61-23(5)6/h12-14,21-25,42H,9-11,15-20H2,1-8H3,(H,48,49)(H,35,37,39)(H,36,38,40)/t24-,25-/m1/s1. The molecule has 4 rings (SSSR count). The Bertz CT molecular complexity index is 2030. The van der Waals surface area contributed by atoms with Crippen LogP contribution in [0.2, 0.25) is 0 Å². The number of rotatable bonds is 26. The molecular weight excluding hydrogens is 882 g/mol. The van der Waals surface area contributed by atoms with E-state index in [1.165, 1.54) is 19.0 Å². The van der Waals surface area contributed by atoms with E-state index in [2.05, 4.69) is 45.6 Å². The van der Waals surface area contributed by atoms with Crippen molar-refractivity contribution >= 4 is 68.0 Å². The predicted octanol–water partition coefficient (Wildman–Crippen LogP) is 5.00. The van der Waals surface area contributed by atoms with Gasteiger partial charge in [-0.05, 0) is 55.4 Å². The Morgan fingerprint density at radius 1 is 0.714 bits per heavy atom. The van der Waals surface area contributed by atoms with Crippen LogP contribution in [0.1, 0.15) is 55.4 Å². The third kappa shape index (κ3) is 17.2. The summed E-state index contributed by atoms with van der Waals surface area (Å²) in [6.07, 6.45) is -2.66. The fraction of sp³-hybridized carbons (Fsp3) is 0.647. The number of anilines is 4. The molecule has 4 heterocycles. The van der Waals surface area contributed by atoms with Gasteiger partial charge in [-0.3, -0.25) is 22.7 Å². The highest BCUT2D eigenvalue weighted by molar-refractivity contribution is 7.53. The normalized spacial score (nSPS) is 14.4. The lowest BCUT2D eigenvalue weighted by Crippen LogP contribution is -2.33. The third-order valence-corrected chi connectivity index (χ3v) is 10.2. The molecule has 0 aliphatic carbocycles. The second kappa shape index (κ2) is 24.1. The summed E-state index contributed by atoms with van der Waals surface area (Å²) in [7, 11) is -8.42. The number of aromatic nitrogens is 6. The first kappa shape index (κ1) is 50.5. The molecule has 0 amide bonds. The van der Waals surface area contributed by atoms with E-state index < -0.39 is 97.3 Å². The average Bonchev–Trinajstić information content (AvgIpc) is 3.80. The average molecular weight is 937 g/mol. The van der Waals surface area contributed by atoms with Crippen LogP contribution in [-0.4, -0.2) is 136 Å². The van der Waals surface area contributed by atoms with E-state index in [0.717, 1.165) is 0 Å². The topological polar surface area (TPSA) is 316 Å². The third-order valence-electron chi connectivity index (χ3n) is 7.74. The maximum Gasteiger partial charge on any atom is 0.510 e. The SMILES string of the molecule is CC(C)OC(=O)OCOP(=O)(O)CO[C@H](C)Cn1cnc2c(NCNc3ncnc4c3NCN4C[C@@H](C)OCP(=O)(OCOC(=O)OC(C)C)OCOC(=O)OC(C)C)ncnc21. The minimum Gasteiger partial charge on any atom is -0.432 e. The summed E-state index contributed by atoms with van der Waals surface area (Å²) < 4.78 is 82.8. The number of fused-ring (bicyclic) bond motifs is 2. The second-order valence-electron chi connectivity index (χ2n) is 14.2. The molecule has 29 heteroatoms. The van der Waals surface area contributed by atoms with Gasteiger partial charge in [0.1, 0.15) is 36.6 Å². The van der Waals surface area contributed by atoms with E-state index in [1.54, 1.807) is 60.0 Å². The Kier molecular flexibility index (Phi) is 19.3. The molecule has 0 aromatic carbocycles. The predicted molar refractivity (Wildman–Crippen MR) is 220 cm³/mol. The largest absolute Gasteiger partial charge is 0.510 e. The number of imidazole rings is 1. The number of carbonyl (C=O) groups is 3. The van der Waals surface area contributed by atoms with Crippen LogP contribution in [0.25, 0.3) is 11.2 Å². The Hall–Kier alpha value is -5.14. The molecule has 0 saturated carbocycles. The summed E-state index contributed by atoms with van der Waals surface area (Å²) >= 11 is 0. The molecule has 0 bridgehead atoms. The summed E-state index contributed by atoms with van der Waals surface area (Å²) in [6, 6.07) is 0. The van der Waals surface area contributed by atoms with Gasteiger partial charge in [0.2, 0.25) is 20.4 Å². The van der Waals surface area contributed by atoms with Crippen molar-refractivity contribution in [3.8, 4) is 0 Å². The quantitative estimate of drug-likeness (QED) is 0.0356. The van der Waals surface area contributed by atoms with Gasteiger partial charge >= 0.3 is 33.7 Å². The first-order valence-corrected chi connectivity index (χ1v) is 22.9. The summed E-state index contributed by atoms with van der Waals surface area (Å²) in [5, 5.41) is 9.62.